The number of rotatable bonds is 4. The molecule has 1 atom stereocenters. The Morgan fingerprint density at radius 3 is 2.10 bits per heavy atom. The van der Waals surface area contributed by atoms with Gasteiger partial charge in [-0.1, -0.05) is 60.7 Å². The number of benzene rings is 2. The second-order valence-corrected chi connectivity index (χ2v) is 5.56. The monoisotopic (exact) mass is 284 g/mol. The minimum atomic E-state index is -1.73. The first-order valence-electron chi connectivity index (χ1n) is 6.19. The van der Waals surface area contributed by atoms with Gasteiger partial charge in [0.05, 0.1) is 7.57 Å². The van der Waals surface area contributed by atoms with Crippen LogP contribution in [0.1, 0.15) is 12.5 Å². The highest BCUT2D eigenvalue weighted by atomic mass is 31.2. The average Bonchev–Trinajstić information content (AvgIpc) is 2.54. The Morgan fingerprint density at radius 1 is 1.05 bits per heavy atom. The third-order valence-electron chi connectivity index (χ3n) is 2.66. The Kier molecular flexibility index (Phi) is 4.86. The Bertz CT molecular complexity index is 638. The summed E-state index contributed by atoms with van der Waals surface area (Å²) in [6, 6.07) is 20.7. The van der Waals surface area contributed by atoms with E-state index in [9.17, 15) is 0 Å². The van der Waals surface area contributed by atoms with Gasteiger partial charge in [0.25, 0.3) is 0 Å². The smallest absolute Gasteiger partial charge is 0.123 e. The molecule has 0 aromatic heterocycles. The zero-order valence-electron chi connectivity index (χ0n) is 11.2. The van der Waals surface area contributed by atoms with Crippen molar-refractivity contribution in [2.75, 3.05) is 7.05 Å². The van der Waals surface area contributed by atoms with E-state index in [0.29, 0.717) is 0 Å². The van der Waals surface area contributed by atoms with Crippen LogP contribution in [0.4, 0.5) is 0 Å². The van der Waals surface area contributed by atoms with Gasteiger partial charge >= 0.3 is 0 Å². The second-order valence-electron chi connectivity index (χ2n) is 3.92. The number of allylic oxidation sites excluding steroid dienone is 1. The second kappa shape index (κ2) is 6.63. The summed E-state index contributed by atoms with van der Waals surface area (Å²) in [5, 5.41) is 1.26. The Morgan fingerprint density at radius 2 is 1.60 bits per heavy atom. The highest BCUT2D eigenvalue weighted by molar-refractivity contribution is 7.91. The van der Waals surface area contributed by atoms with Crippen molar-refractivity contribution in [3.8, 4) is 0 Å². The molecule has 0 aliphatic carbocycles. The van der Waals surface area contributed by atoms with E-state index in [1.54, 1.807) is 0 Å². The molecule has 0 spiro atoms. The van der Waals surface area contributed by atoms with E-state index in [1.165, 1.54) is 5.30 Å². The van der Waals surface area contributed by atoms with Gasteiger partial charge in [-0.05, 0) is 25.5 Å². The first kappa shape index (κ1) is 14.7. The van der Waals surface area contributed by atoms with Crippen molar-refractivity contribution in [2.45, 2.75) is 6.92 Å². The zero-order chi connectivity index (χ0) is 14.4. The molecule has 0 amide bonds. The van der Waals surface area contributed by atoms with Crippen LogP contribution in [0.5, 0.6) is 0 Å². The van der Waals surface area contributed by atoms with Crippen LogP contribution >= 0.6 is 7.16 Å². The van der Waals surface area contributed by atoms with Crippen LogP contribution in [-0.2, 0) is 4.52 Å². The maximum absolute atomic E-state index is 6.43. The van der Waals surface area contributed by atoms with E-state index >= 15 is 0 Å². The molecule has 0 saturated heterocycles. The Hall–Kier alpha value is -1.73. The van der Waals surface area contributed by atoms with Crippen molar-refractivity contribution in [1.82, 2.24) is 0 Å². The first-order valence-corrected chi connectivity index (χ1v) is 7.41. The van der Waals surface area contributed by atoms with Crippen LogP contribution < -0.4 is 5.30 Å². The molecule has 0 aliphatic rings. The molecular weight excluding hydrogens is 264 g/mol. The molecule has 0 N–H and O–H groups in total. The standard InChI is InChI=1S/C16H20BNOP/c1-3-16(14-10-6-4-7-11-14)19-20(17,18-2)15-12-8-5-9-13-15/h3-13H,1-2,17H3/q-1/b16-3+/t20-/m1/s1. The van der Waals surface area contributed by atoms with Crippen LogP contribution in [0.2, 0.25) is 0 Å². The molecule has 0 fully saturated rings. The Labute approximate surface area is 122 Å². The number of hydrogen-bond donors (Lipinski definition) is 0. The van der Waals surface area contributed by atoms with E-state index in [0.717, 1.165) is 11.3 Å². The predicted octanol–water partition coefficient (Wildman–Crippen LogP) is 3.42. The summed E-state index contributed by atoms with van der Waals surface area (Å²) >= 11 is 0. The molecule has 104 valence electrons. The van der Waals surface area contributed by atoms with E-state index < -0.39 is 7.16 Å². The van der Waals surface area contributed by atoms with Crippen molar-refractivity contribution in [3.05, 3.63) is 72.3 Å². The normalized spacial score (nSPS) is 14.4. The SMILES string of the molecule is [BH3-][P@](=NC)(O/C(=C/C)c1ccccc1)c1ccccc1. The zero-order valence-corrected chi connectivity index (χ0v) is 12.0. The minimum absolute atomic E-state index is 0.0688. The van der Waals surface area contributed by atoms with Crippen molar-refractivity contribution in [3.63, 3.8) is 0 Å². The van der Waals surface area contributed by atoms with Crippen LogP contribution in [0.15, 0.2) is 71.5 Å². The molecule has 20 heavy (non-hydrogen) atoms. The molecule has 2 aromatic rings. The molecule has 0 bridgehead atoms. The predicted molar refractivity (Wildman–Crippen MR) is 92.5 cm³/mol. The van der Waals surface area contributed by atoms with Gasteiger partial charge < -0.3 is 9.27 Å². The summed E-state index contributed by atoms with van der Waals surface area (Å²) in [7, 11) is 0.0920. The van der Waals surface area contributed by atoms with Crippen LogP contribution in [-0.4, -0.2) is 14.6 Å². The molecule has 2 nitrogen and oxygen atoms in total. The van der Waals surface area contributed by atoms with Gasteiger partial charge in [-0.3, -0.25) is 0 Å². The van der Waals surface area contributed by atoms with E-state index in [4.69, 9.17) is 4.52 Å². The molecule has 0 saturated carbocycles. The van der Waals surface area contributed by atoms with Gasteiger partial charge in [-0.2, -0.15) is 0 Å². The lowest BCUT2D eigenvalue weighted by atomic mass is 10.2. The maximum Gasteiger partial charge on any atom is 0.123 e. The number of hydrogen-bond acceptors (Lipinski definition) is 2. The van der Waals surface area contributed by atoms with E-state index in [-0.39, 0.29) is 7.57 Å². The van der Waals surface area contributed by atoms with Gasteiger partial charge in [0.2, 0.25) is 0 Å². The summed E-state index contributed by atoms with van der Waals surface area (Å²) in [4.78, 5) is 0. The fourth-order valence-corrected chi connectivity index (χ4v) is 2.97. The molecule has 0 unspecified atom stereocenters. The van der Waals surface area contributed by atoms with Gasteiger partial charge in [-0.15, -0.1) is 0 Å². The summed E-state index contributed by atoms with van der Waals surface area (Å²) in [6.07, 6.45) is 2.04. The van der Waals surface area contributed by atoms with Crippen LogP contribution in [0.3, 0.4) is 0 Å². The van der Waals surface area contributed by atoms with Crippen molar-refractivity contribution < 1.29 is 4.52 Å². The largest absolute Gasteiger partial charge is 0.494 e. The van der Waals surface area contributed by atoms with E-state index in [1.807, 2.05) is 44.3 Å². The highest BCUT2D eigenvalue weighted by Crippen LogP contribution is 2.47. The average molecular weight is 284 g/mol. The van der Waals surface area contributed by atoms with E-state index in [2.05, 4.69) is 41.1 Å². The lowest BCUT2D eigenvalue weighted by molar-refractivity contribution is 0.579. The van der Waals surface area contributed by atoms with Crippen molar-refractivity contribution in [2.24, 2.45) is 4.74 Å². The van der Waals surface area contributed by atoms with Crippen LogP contribution in [0, 0.1) is 0 Å². The van der Waals surface area contributed by atoms with Gasteiger partial charge in [0.15, 0.2) is 0 Å². The van der Waals surface area contributed by atoms with Gasteiger partial charge in [0.1, 0.15) is 5.76 Å². The Balaban J connectivity index is 2.36. The topological polar surface area (TPSA) is 21.6 Å². The maximum atomic E-state index is 6.43. The summed E-state index contributed by atoms with van der Waals surface area (Å²) < 4.78 is 11.1. The van der Waals surface area contributed by atoms with Crippen molar-refractivity contribution >= 4 is 25.8 Å². The molecule has 2 rings (SSSR count). The van der Waals surface area contributed by atoms with Gasteiger partial charge in [0, 0.05) is 12.6 Å². The first-order chi connectivity index (χ1) is 9.69. The fourth-order valence-electron chi connectivity index (χ4n) is 1.73. The van der Waals surface area contributed by atoms with Crippen LogP contribution in [0.25, 0.3) is 5.76 Å². The molecule has 2 aromatic carbocycles. The molecule has 4 heteroatoms. The van der Waals surface area contributed by atoms with Gasteiger partial charge in [-0.25, -0.2) is 0 Å². The third-order valence-corrected chi connectivity index (χ3v) is 4.14. The molecule has 0 radical (unpaired) electrons. The number of nitrogens with zero attached hydrogens (tertiary/aromatic N) is 1. The van der Waals surface area contributed by atoms with Crippen molar-refractivity contribution in [1.29, 1.82) is 0 Å². The summed E-state index contributed by atoms with van der Waals surface area (Å²) in [5.41, 5.74) is 1.12. The lowest BCUT2D eigenvalue weighted by Crippen LogP contribution is -2.07. The lowest BCUT2D eigenvalue weighted by Gasteiger charge is -2.29. The minimum Gasteiger partial charge on any atom is -0.494 e. The molecule has 0 heterocycles. The summed E-state index contributed by atoms with van der Waals surface area (Å²) in [6.45, 7) is 2.02. The molecular formula is C16H20BNOP-. The fraction of sp³-hybridized carbons (Fsp3) is 0.125. The molecule has 0 aliphatic heterocycles. The summed E-state index contributed by atoms with van der Waals surface area (Å²) in [5.74, 6) is 0.948. The highest BCUT2D eigenvalue weighted by Gasteiger charge is 2.13. The quantitative estimate of drug-likeness (QED) is 0.479. The third kappa shape index (κ3) is 3.23.